The van der Waals surface area contributed by atoms with Gasteiger partial charge in [-0.25, -0.2) is 4.79 Å². The van der Waals surface area contributed by atoms with E-state index in [2.05, 4.69) is 5.32 Å². The van der Waals surface area contributed by atoms with Crippen LogP contribution < -0.4 is 5.32 Å². The standard InChI is InChI=1S/C16H21NO3/c1-12-10-11-14(17-12)16(19)20-15(18)9-5-8-13-6-3-2-4-7-13/h2-4,6-7,12,14,17H,5,8-11H2,1H3/t12-,14-/m0/s1. The average molecular weight is 275 g/mol. The molecular weight excluding hydrogens is 254 g/mol. The molecule has 0 amide bonds. The first-order valence-corrected chi connectivity index (χ1v) is 7.19. The maximum Gasteiger partial charge on any atom is 0.330 e. The molecule has 1 N–H and O–H groups in total. The van der Waals surface area contributed by atoms with Crippen molar-refractivity contribution in [3.63, 3.8) is 0 Å². The second kappa shape index (κ2) is 7.20. The molecule has 0 radical (unpaired) electrons. The quantitative estimate of drug-likeness (QED) is 0.661. The normalized spacial score (nSPS) is 21.6. The first kappa shape index (κ1) is 14.7. The molecule has 0 spiro atoms. The summed E-state index contributed by atoms with van der Waals surface area (Å²) in [6, 6.07) is 9.98. The van der Waals surface area contributed by atoms with Crippen molar-refractivity contribution in [2.24, 2.45) is 0 Å². The molecule has 4 heteroatoms. The summed E-state index contributed by atoms with van der Waals surface area (Å²) in [5, 5.41) is 3.11. The molecule has 1 aromatic carbocycles. The van der Waals surface area contributed by atoms with Crippen LogP contribution >= 0.6 is 0 Å². The molecule has 2 atom stereocenters. The number of benzene rings is 1. The average Bonchev–Trinajstić information content (AvgIpc) is 2.87. The van der Waals surface area contributed by atoms with Crippen molar-refractivity contribution in [2.75, 3.05) is 0 Å². The zero-order valence-corrected chi connectivity index (χ0v) is 11.8. The minimum atomic E-state index is -0.431. The molecule has 2 rings (SSSR count). The Labute approximate surface area is 119 Å². The maximum atomic E-state index is 11.7. The van der Waals surface area contributed by atoms with Crippen molar-refractivity contribution >= 4 is 11.9 Å². The highest BCUT2D eigenvalue weighted by Gasteiger charge is 2.29. The lowest BCUT2D eigenvalue weighted by Crippen LogP contribution is -2.36. The molecule has 1 aliphatic heterocycles. The van der Waals surface area contributed by atoms with Gasteiger partial charge in [0.25, 0.3) is 0 Å². The zero-order chi connectivity index (χ0) is 14.4. The van der Waals surface area contributed by atoms with Gasteiger partial charge in [0, 0.05) is 12.5 Å². The van der Waals surface area contributed by atoms with E-state index in [4.69, 9.17) is 4.74 Å². The largest absolute Gasteiger partial charge is 0.392 e. The number of esters is 2. The Hall–Kier alpha value is -1.68. The molecule has 0 saturated carbocycles. The van der Waals surface area contributed by atoms with Gasteiger partial charge >= 0.3 is 11.9 Å². The van der Waals surface area contributed by atoms with Crippen molar-refractivity contribution in [1.82, 2.24) is 5.32 Å². The Balaban J connectivity index is 1.66. The number of aryl methyl sites for hydroxylation is 1. The highest BCUT2D eigenvalue weighted by Crippen LogP contribution is 2.13. The second-order valence-electron chi connectivity index (χ2n) is 5.33. The van der Waals surface area contributed by atoms with Crippen LogP contribution in [0.2, 0.25) is 0 Å². The fraction of sp³-hybridized carbons (Fsp3) is 0.500. The van der Waals surface area contributed by atoms with E-state index >= 15 is 0 Å². The number of rotatable bonds is 5. The van der Waals surface area contributed by atoms with E-state index in [1.54, 1.807) is 0 Å². The molecule has 1 heterocycles. The summed E-state index contributed by atoms with van der Waals surface area (Å²) in [7, 11) is 0. The van der Waals surface area contributed by atoms with E-state index < -0.39 is 11.9 Å². The Morgan fingerprint density at radius 3 is 2.65 bits per heavy atom. The number of nitrogens with one attached hydrogen (secondary N) is 1. The van der Waals surface area contributed by atoms with E-state index in [0.29, 0.717) is 12.5 Å². The minimum absolute atomic E-state index is 0.281. The van der Waals surface area contributed by atoms with Gasteiger partial charge < -0.3 is 10.1 Å². The van der Waals surface area contributed by atoms with Gasteiger partial charge in [0.1, 0.15) is 6.04 Å². The molecule has 0 aromatic heterocycles. The van der Waals surface area contributed by atoms with Crippen molar-refractivity contribution < 1.29 is 14.3 Å². The molecule has 20 heavy (non-hydrogen) atoms. The van der Waals surface area contributed by atoms with Gasteiger partial charge in [-0.05, 0) is 38.2 Å². The molecule has 0 bridgehead atoms. The molecule has 1 fully saturated rings. The Kier molecular flexibility index (Phi) is 5.30. The highest BCUT2D eigenvalue weighted by atomic mass is 16.6. The molecule has 1 aliphatic rings. The van der Waals surface area contributed by atoms with E-state index in [0.717, 1.165) is 19.3 Å². The van der Waals surface area contributed by atoms with Crippen LogP contribution in [0.15, 0.2) is 30.3 Å². The Morgan fingerprint density at radius 1 is 1.25 bits per heavy atom. The van der Waals surface area contributed by atoms with Crippen LogP contribution in [-0.2, 0) is 20.7 Å². The fourth-order valence-electron chi connectivity index (χ4n) is 2.43. The highest BCUT2D eigenvalue weighted by molar-refractivity contribution is 5.88. The predicted octanol–water partition coefficient (Wildman–Crippen LogP) is 2.22. The van der Waals surface area contributed by atoms with Crippen LogP contribution in [0.5, 0.6) is 0 Å². The van der Waals surface area contributed by atoms with Gasteiger partial charge in [-0.1, -0.05) is 30.3 Å². The van der Waals surface area contributed by atoms with Crippen LogP contribution in [0.1, 0.15) is 38.2 Å². The number of ether oxygens (including phenoxy) is 1. The van der Waals surface area contributed by atoms with Crippen LogP contribution in [0.25, 0.3) is 0 Å². The molecule has 108 valence electrons. The summed E-state index contributed by atoms with van der Waals surface area (Å²) in [6.07, 6.45) is 3.50. The van der Waals surface area contributed by atoms with Gasteiger partial charge in [0.05, 0.1) is 0 Å². The van der Waals surface area contributed by atoms with Gasteiger partial charge in [-0.15, -0.1) is 0 Å². The van der Waals surface area contributed by atoms with Gasteiger partial charge in [0.2, 0.25) is 0 Å². The predicted molar refractivity (Wildman–Crippen MR) is 76.1 cm³/mol. The number of hydrogen-bond acceptors (Lipinski definition) is 4. The van der Waals surface area contributed by atoms with Crippen molar-refractivity contribution in [1.29, 1.82) is 0 Å². The van der Waals surface area contributed by atoms with Crippen molar-refractivity contribution in [3.05, 3.63) is 35.9 Å². The van der Waals surface area contributed by atoms with Crippen LogP contribution in [0.3, 0.4) is 0 Å². The van der Waals surface area contributed by atoms with Crippen LogP contribution in [0.4, 0.5) is 0 Å². The third-order valence-electron chi connectivity index (χ3n) is 3.56. The molecule has 1 aromatic rings. The summed E-state index contributed by atoms with van der Waals surface area (Å²) >= 11 is 0. The van der Waals surface area contributed by atoms with Crippen LogP contribution in [0, 0.1) is 0 Å². The van der Waals surface area contributed by atoms with Crippen molar-refractivity contribution in [2.45, 2.75) is 51.1 Å². The van der Waals surface area contributed by atoms with E-state index in [1.165, 1.54) is 5.56 Å². The number of carbonyl (C=O) groups excluding carboxylic acids is 2. The molecular formula is C16H21NO3. The van der Waals surface area contributed by atoms with E-state index in [-0.39, 0.29) is 12.5 Å². The molecule has 0 aliphatic carbocycles. The molecule has 4 nitrogen and oxygen atoms in total. The third kappa shape index (κ3) is 4.46. The summed E-state index contributed by atoms with van der Waals surface area (Å²) in [5.41, 5.74) is 1.19. The lowest BCUT2D eigenvalue weighted by atomic mass is 10.1. The maximum absolute atomic E-state index is 11.7. The minimum Gasteiger partial charge on any atom is -0.392 e. The summed E-state index contributed by atoms with van der Waals surface area (Å²) in [4.78, 5) is 23.3. The number of carbonyl (C=O) groups is 2. The lowest BCUT2D eigenvalue weighted by molar-refractivity contribution is -0.161. The third-order valence-corrected chi connectivity index (χ3v) is 3.56. The number of hydrogen-bond donors (Lipinski definition) is 1. The van der Waals surface area contributed by atoms with Crippen LogP contribution in [-0.4, -0.2) is 24.0 Å². The smallest absolute Gasteiger partial charge is 0.330 e. The summed E-state index contributed by atoms with van der Waals surface area (Å²) in [6.45, 7) is 2.02. The summed E-state index contributed by atoms with van der Waals surface area (Å²) < 4.78 is 4.88. The Morgan fingerprint density at radius 2 is 2.00 bits per heavy atom. The fourth-order valence-corrected chi connectivity index (χ4v) is 2.43. The SMILES string of the molecule is C[C@H]1CC[C@@H](C(=O)OC(=O)CCCc2ccccc2)N1. The second-order valence-corrected chi connectivity index (χ2v) is 5.33. The van der Waals surface area contributed by atoms with Crippen molar-refractivity contribution in [3.8, 4) is 0 Å². The first-order valence-electron chi connectivity index (χ1n) is 7.19. The first-order chi connectivity index (χ1) is 9.65. The lowest BCUT2D eigenvalue weighted by Gasteiger charge is -2.10. The van der Waals surface area contributed by atoms with Gasteiger partial charge in [-0.2, -0.15) is 0 Å². The Bertz CT molecular complexity index is 458. The molecule has 0 unspecified atom stereocenters. The van der Waals surface area contributed by atoms with E-state index in [1.807, 2.05) is 37.3 Å². The monoisotopic (exact) mass is 275 g/mol. The zero-order valence-electron chi connectivity index (χ0n) is 11.8. The van der Waals surface area contributed by atoms with E-state index in [9.17, 15) is 9.59 Å². The topological polar surface area (TPSA) is 55.4 Å². The van der Waals surface area contributed by atoms with Gasteiger partial charge in [0.15, 0.2) is 0 Å². The van der Waals surface area contributed by atoms with Gasteiger partial charge in [-0.3, -0.25) is 4.79 Å². The summed E-state index contributed by atoms with van der Waals surface area (Å²) in [5.74, 6) is -0.855. The molecule has 1 saturated heterocycles.